The van der Waals surface area contributed by atoms with E-state index in [1.54, 1.807) is 6.26 Å². The summed E-state index contributed by atoms with van der Waals surface area (Å²) in [5.41, 5.74) is 4.50. The molecule has 0 atom stereocenters. The van der Waals surface area contributed by atoms with Gasteiger partial charge in [0.2, 0.25) is 0 Å². The Morgan fingerprint density at radius 2 is 2.31 bits per heavy atom. The van der Waals surface area contributed by atoms with Crippen molar-refractivity contribution in [2.75, 3.05) is 12.0 Å². The second-order valence-corrected chi connectivity index (χ2v) is 2.94. The molecule has 0 saturated carbocycles. The summed E-state index contributed by atoms with van der Waals surface area (Å²) in [6.45, 7) is 0. The van der Waals surface area contributed by atoms with Gasteiger partial charge in [0.1, 0.15) is 16.4 Å². The molecule has 0 unspecified atom stereocenters. The van der Waals surface area contributed by atoms with E-state index in [0.29, 0.717) is 0 Å². The molecule has 4 N–H and O–H groups in total. The zero-order valence-corrected chi connectivity index (χ0v) is 7.51. The topological polar surface area (TPSA) is 109 Å². The summed E-state index contributed by atoms with van der Waals surface area (Å²) in [5, 5.41) is 8.83. The molecule has 0 spiro atoms. The van der Waals surface area contributed by atoms with E-state index >= 15 is 0 Å². The van der Waals surface area contributed by atoms with Gasteiger partial charge < -0.3 is 10.8 Å². The number of hydrogen-bond acceptors (Lipinski definition) is 5. The number of carboxylic acids is 1. The van der Waals surface area contributed by atoms with E-state index in [4.69, 9.17) is 10.8 Å². The number of hydrogen-bond donors (Lipinski definition) is 3. The SMILES string of the molecule is CSc1nc(=O)[nH]c(N)c1C(=O)O. The largest absolute Gasteiger partial charge is 0.477 e. The zero-order valence-electron chi connectivity index (χ0n) is 6.70. The lowest BCUT2D eigenvalue weighted by molar-refractivity contribution is 0.0693. The number of rotatable bonds is 2. The lowest BCUT2D eigenvalue weighted by atomic mass is 10.3. The Bertz CT molecular complexity index is 401. The monoisotopic (exact) mass is 201 g/mol. The van der Waals surface area contributed by atoms with Crippen LogP contribution in [0.2, 0.25) is 0 Å². The first-order valence-corrected chi connectivity index (χ1v) is 4.45. The molecule has 0 aromatic carbocycles. The van der Waals surface area contributed by atoms with Gasteiger partial charge in [-0.1, -0.05) is 0 Å². The predicted molar refractivity (Wildman–Crippen MR) is 48.0 cm³/mol. The Kier molecular flexibility index (Phi) is 2.57. The van der Waals surface area contributed by atoms with E-state index in [0.717, 1.165) is 11.8 Å². The van der Waals surface area contributed by atoms with Gasteiger partial charge in [0.15, 0.2) is 0 Å². The molecule has 1 aromatic heterocycles. The maximum Gasteiger partial charge on any atom is 0.347 e. The standard InChI is InChI=1S/C6H7N3O3S/c1-13-4-2(5(10)11)3(7)8-6(12)9-4/h1H3,(H,10,11)(H3,7,8,9,12). The molecule has 0 aliphatic heterocycles. The first kappa shape index (κ1) is 9.59. The second kappa shape index (κ2) is 3.48. The number of aromatic carboxylic acids is 1. The molecule has 0 saturated heterocycles. The fourth-order valence-corrected chi connectivity index (χ4v) is 1.40. The minimum Gasteiger partial charge on any atom is -0.477 e. The third-order valence-electron chi connectivity index (χ3n) is 1.34. The van der Waals surface area contributed by atoms with Crippen molar-refractivity contribution >= 4 is 23.5 Å². The van der Waals surface area contributed by atoms with Crippen LogP contribution in [-0.2, 0) is 0 Å². The zero-order chi connectivity index (χ0) is 10.0. The second-order valence-electron chi connectivity index (χ2n) is 2.15. The third-order valence-corrected chi connectivity index (χ3v) is 2.02. The van der Waals surface area contributed by atoms with Gasteiger partial charge in [-0.05, 0) is 6.26 Å². The Balaban J connectivity index is 3.47. The molecule has 0 fully saturated rings. The number of nitrogens with zero attached hydrogens (tertiary/aromatic N) is 1. The van der Waals surface area contributed by atoms with E-state index in [1.807, 2.05) is 0 Å². The fourth-order valence-electron chi connectivity index (χ4n) is 0.823. The molecule has 0 aliphatic rings. The van der Waals surface area contributed by atoms with Gasteiger partial charge in [-0.15, -0.1) is 11.8 Å². The number of anilines is 1. The molecule has 0 radical (unpaired) electrons. The van der Waals surface area contributed by atoms with Crippen LogP contribution in [-0.4, -0.2) is 27.3 Å². The number of nitrogens with one attached hydrogen (secondary N) is 1. The van der Waals surface area contributed by atoms with Crippen molar-refractivity contribution in [3.63, 3.8) is 0 Å². The van der Waals surface area contributed by atoms with Crippen molar-refractivity contribution in [1.82, 2.24) is 9.97 Å². The predicted octanol–water partition coefficient (Wildman–Crippen LogP) is -0.228. The third kappa shape index (κ3) is 1.81. The average Bonchev–Trinajstić information content (AvgIpc) is 2.01. The van der Waals surface area contributed by atoms with Gasteiger partial charge in [-0.2, -0.15) is 4.98 Å². The van der Waals surface area contributed by atoms with E-state index in [9.17, 15) is 9.59 Å². The van der Waals surface area contributed by atoms with Crippen LogP contribution in [0.1, 0.15) is 10.4 Å². The van der Waals surface area contributed by atoms with Crippen LogP contribution in [0.5, 0.6) is 0 Å². The fraction of sp³-hybridized carbons (Fsp3) is 0.167. The summed E-state index contributed by atoms with van der Waals surface area (Å²) in [6.07, 6.45) is 1.62. The van der Waals surface area contributed by atoms with Gasteiger partial charge >= 0.3 is 11.7 Å². The summed E-state index contributed by atoms with van der Waals surface area (Å²) >= 11 is 1.06. The van der Waals surface area contributed by atoms with Crippen LogP contribution >= 0.6 is 11.8 Å². The van der Waals surface area contributed by atoms with Crippen molar-refractivity contribution in [2.24, 2.45) is 0 Å². The van der Waals surface area contributed by atoms with Crippen LogP contribution < -0.4 is 11.4 Å². The molecule has 1 aromatic rings. The van der Waals surface area contributed by atoms with Crippen LogP contribution in [0.4, 0.5) is 5.82 Å². The highest BCUT2D eigenvalue weighted by Gasteiger charge is 2.16. The quantitative estimate of drug-likeness (QED) is 0.450. The highest BCUT2D eigenvalue weighted by atomic mass is 32.2. The maximum absolute atomic E-state index is 10.8. The normalized spacial score (nSPS) is 9.92. The van der Waals surface area contributed by atoms with Crippen LogP contribution in [0.15, 0.2) is 9.82 Å². The first-order chi connectivity index (χ1) is 6.06. The number of nitrogens with two attached hydrogens (primary N) is 1. The molecular formula is C6H7N3O3S. The number of thioether (sulfide) groups is 1. The lowest BCUT2D eigenvalue weighted by Crippen LogP contribution is -2.18. The molecule has 13 heavy (non-hydrogen) atoms. The highest BCUT2D eigenvalue weighted by Crippen LogP contribution is 2.19. The Morgan fingerprint density at radius 1 is 1.69 bits per heavy atom. The van der Waals surface area contributed by atoms with Crippen molar-refractivity contribution in [3.05, 3.63) is 16.0 Å². The molecule has 70 valence electrons. The highest BCUT2D eigenvalue weighted by molar-refractivity contribution is 7.98. The number of nitrogen functional groups attached to an aromatic ring is 1. The average molecular weight is 201 g/mol. The summed E-state index contributed by atoms with van der Waals surface area (Å²) < 4.78 is 0. The number of H-pyrrole nitrogens is 1. The Hall–Kier alpha value is -1.50. The van der Waals surface area contributed by atoms with E-state index in [-0.39, 0.29) is 16.4 Å². The number of aromatic amines is 1. The minimum absolute atomic E-state index is 0.119. The molecule has 0 amide bonds. The van der Waals surface area contributed by atoms with Gasteiger partial charge in [0.25, 0.3) is 0 Å². The van der Waals surface area contributed by atoms with Crippen LogP contribution in [0.3, 0.4) is 0 Å². The molecule has 6 nitrogen and oxygen atoms in total. The Morgan fingerprint density at radius 3 is 2.77 bits per heavy atom. The summed E-state index contributed by atoms with van der Waals surface area (Å²) in [4.78, 5) is 27.0. The molecule has 1 rings (SSSR count). The van der Waals surface area contributed by atoms with Crippen LogP contribution in [0, 0.1) is 0 Å². The first-order valence-electron chi connectivity index (χ1n) is 3.23. The van der Waals surface area contributed by atoms with E-state index in [2.05, 4.69) is 9.97 Å². The lowest BCUT2D eigenvalue weighted by Gasteiger charge is -2.02. The molecular weight excluding hydrogens is 194 g/mol. The summed E-state index contributed by atoms with van der Waals surface area (Å²) in [7, 11) is 0. The van der Waals surface area contributed by atoms with Crippen molar-refractivity contribution in [2.45, 2.75) is 5.03 Å². The van der Waals surface area contributed by atoms with Crippen molar-refractivity contribution in [1.29, 1.82) is 0 Å². The van der Waals surface area contributed by atoms with Gasteiger partial charge in [-0.3, -0.25) is 4.98 Å². The van der Waals surface area contributed by atoms with Gasteiger partial charge in [0, 0.05) is 0 Å². The molecule has 0 aliphatic carbocycles. The Labute approximate surface area is 77.2 Å². The number of carbonyl (C=O) groups is 1. The van der Waals surface area contributed by atoms with E-state index in [1.165, 1.54) is 0 Å². The molecule has 1 heterocycles. The molecule has 7 heteroatoms. The van der Waals surface area contributed by atoms with Gasteiger partial charge in [-0.25, -0.2) is 9.59 Å². The maximum atomic E-state index is 10.8. The number of carboxylic acid groups (broad SMARTS) is 1. The van der Waals surface area contributed by atoms with Crippen LogP contribution in [0.25, 0.3) is 0 Å². The van der Waals surface area contributed by atoms with Gasteiger partial charge in [0.05, 0.1) is 0 Å². The summed E-state index contributed by atoms with van der Waals surface area (Å²) in [5.74, 6) is -1.37. The summed E-state index contributed by atoms with van der Waals surface area (Å²) in [6, 6.07) is 0. The minimum atomic E-state index is -1.20. The number of aromatic nitrogens is 2. The van der Waals surface area contributed by atoms with E-state index < -0.39 is 11.7 Å². The smallest absolute Gasteiger partial charge is 0.347 e. The van der Waals surface area contributed by atoms with Crippen molar-refractivity contribution in [3.8, 4) is 0 Å². The van der Waals surface area contributed by atoms with Crippen molar-refractivity contribution < 1.29 is 9.90 Å². The molecule has 0 bridgehead atoms.